The molecule has 3 heterocycles. The van der Waals surface area contributed by atoms with Crippen molar-refractivity contribution >= 4 is 0 Å². The Labute approximate surface area is 90.5 Å². The normalized spacial score (nSPS) is 39.3. The van der Waals surface area contributed by atoms with Crippen LogP contribution in [0.5, 0.6) is 0 Å². The molecule has 1 atom stereocenters. The fourth-order valence-corrected chi connectivity index (χ4v) is 3.27. The van der Waals surface area contributed by atoms with Crippen molar-refractivity contribution in [1.82, 2.24) is 0 Å². The molecule has 0 amide bonds. The van der Waals surface area contributed by atoms with Crippen LogP contribution < -0.4 is 4.90 Å². The van der Waals surface area contributed by atoms with E-state index in [2.05, 4.69) is 12.1 Å². The molecule has 0 aromatic heterocycles. The first-order valence-corrected chi connectivity index (χ1v) is 5.90. The first kappa shape index (κ1) is 9.37. The van der Waals surface area contributed by atoms with E-state index in [1.807, 2.05) is 18.2 Å². The van der Waals surface area contributed by atoms with Gasteiger partial charge in [0.15, 0.2) is 0 Å². The monoisotopic (exact) mass is 204 g/mol. The van der Waals surface area contributed by atoms with Gasteiger partial charge in [0.2, 0.25) is 0 Å². The zero-order chi connectivity index (χ0) is 10.3. The summed E-state index contributed by atoms with van der Waals surface area (Å²) < 4.78 is 0. The van der Waals surface area contributed by atoms with Crippen molar-refractivity contribution in [2.45, 2.75) is 18.4 Å². The Hall–Kier alpha value is -0.860. The van der Waals surface area contributed by atoms with Crippen molar-refractivity contribution in [3.05, 3.63) is 35.9 Å². The summed E-state index contributed by atoms with van der Waals surface area (Å²) in [5, 5.41) is 10.8. The lowest BCUT2D eigenvalue weighted by Gasteiger charge is -2.47. The first-order valence-electron chi connectivity index (χ1n) is 5.90. The summed E-state index contributed by atoms with van der Waals surface area (Å²) in [6.07, 6.45) is 2.36. The number of hydrogen-bond acceptors (Lipinski definition) is 1. The van der Waals surface area contributed by atoms with E-state index in [0.717, 1.165) is 12.1 Å². The summed E-state index contributed by atoms with van der Waals surface area (Å²) in [5.74, 6) is 0.484. The lowest BCUT2D eigenvalue weighted by atomic mass is 9.72. The van der Waals surface area contributed by atoms with Gasteiger partial charge in [-0.05, 0) is 5.56 Å². The Kier molecular flexibility index (Phi) is 2.08. The second-order valence-corrected chi connectivity index (χ2v) is 4.99. The van der Waals surface area contributed by atoms with Crippen LogP contribution in [0, 0.1) is 5.92 Å². The van der Waals surface area contributed by atoms with Crippen LogP contribution in [0.3, 0.4) is 0 Å². The van der Waals surface area contributed by atoms with E-state index < -0.39 is 5.60 Å². The van der Waals surface area contributed by atoms with Gasteiger partial charge in [-0.3, -0.25) is 0 Å². The molecule has 3 fully saturated rings. The van der Waals surface area contributed by atoms with Crippen LogP contribution in [0.15, 0.2) is 30.3 Å². The average Bonchev–Trinajstić information content (AvgIpc) is 2.31. The fraction of sp³-hybridized carbons (Fsp3) is 0.538. The molecular formula is C13H18NO+. The number of aliphatic hydroxyl groups is 1. The highest BCUT2D eigenvalue weighted by Crippen LogP contribution is 2.36. The molecule has 0 aliphatic carbocycles. The Balaban J connectivity index is 1.97. The highest BCUT2D eigenvalue weighted by Gasteiger charge is 2.49. The molecule has 1 aromatic carbocycles. The Bertz CT molecular complexity index is 343. The SMILES string of the molecule is O[C@]1(c2ccccc2)C[NH+]2CCC1CC2. The number of benzene rings is 1. The van der Waals surface area contributed by atoms with Gasteiger partial charge in [0.05, 0.1) is 13.1 Å². The topological polar surface area (TPSA) is 24.7 Å². The minimum absolute atomic E-state index is 0.484. The van der Waals surface area contributed by atoms with Crippen LogP contribution in [0.1, 0.15) is 18.4 Å². The molecule has 3 aliphatic rings. The van der Waals surface area contributed by atoms with Crippen molar-refractivity contribution in [2.75, 3.05) is 19.6 Å². The number of hydrogen-bond donors (Lipinski definition) is 2. The maximum atomic E-state index is 10.8. The molecule has 2 N–H and O–H groups in total. The molecule has 2 bridgehead atoms. The van der Waals surface area contributed by atoms with Crippen LogP contribution in [0.2, 0.25) is 0 Å². The molecule has 1 aromatic rings. The highest BCUT2D eigenvalue weighted by atomic mass is 16.3. The number of piperidine rings is 3. The number of nitrogens with one attached hydrogen (secondary N) is 1. The molecule has 2 heteroatoms. The standard InChI is InChI=1S/C13H17NO/c15-13(11-4-2-1-3-5-11)10-14-8-6-12(13)7-9-14/h1-5,12,15H,6-10H2/p+1/t13-/m0/s1. The summed E-state index contributed by atoms with van der Waals surface area (Å²) >= 11 is 0. The van der Waals surface area contributed by atoms with Gasteiger partial charge < -0.3 is 10.0 Å². The molecule has 15 heavy (non-hydrogen) atoms. The van der Waals surface area contributed by atoms with Gasteiger partial charge in [-0.1, -0.05) is 30.3 Å². The second kappa shape index (κ2) is 3.32. The Morgan fingerprint density at radius 2 is 1.80 bits per heavy atom. The zero-order valence-corrected chi connectivity index (χ0v) is 8.95. The smallest absolute Gasteiger partial charge is 0.141 e. The van der Waals surface area contributed by atoms with Crippen molar-refractivity contribution in [2.24, 2.45) is 5.92 Å². The Morgan fingerprint density at radius 3 is 2.33 bits per heavy atom. The molecule has 0 radical (unpaired) electrons. The van der Waals surface area contributed by atoms with E-state index >= 15 is 0 Å². The predicted octanol–water partition coefficient (Wildman–Crippen LogP) is 0.183. The third-order valence-electron chi connectivity index (χ3n) is 4.16. The zero-order valence-electron chi connectivity index (χ0n) is 8.95. The molecule has 3 saturated heterocycles. The summed E-state index contributed by atoms with van der Waals surface area (Å²) in [5.41, 5.74) is 0.569. The van der Waals surface area contributed by atoms with Crippen LogP contribution in [0.25, 0.3) is 0 Å². The van der Waals surface area contributed by atoms with Gasteiger partial charge in [0.1, 0.15) is 12.1 Å². The minimum atomic E-state index is -0.549. The largest absolute Gasteiger partial charge is 0.379 e. The first-order chi connectivity index (χ1) is 7.29. The van der Waals surface area contributed by atoms with Gasteiger partial charge in [0.25, 0.3) is 0 Å². The molecule has 2 nitrogen and oxygen atoms in total. The van der Waals surface area contributed by atoms with Gasteiger partial charge in [-0.15, -0.1) is 0 Å². The molecule has 3 aliphatic heterocycles. The lowest BCUT2D eigenvalue weighted by Crippen LogP contribution is -3.17. The molecule has 0 unspecified atom stereocenters. The fourth-order valence-electron chi connectivity index (χ4n) is 3.27. The quantitative estimate of drug-likeness (QED) is 0.670. The van der Waals surface area contributed by atoms with Crippen LogP contribution in [0.4, 0.5) is 0 Å². The minimum Gasteiger partial charge on any atom is -0.379 e. The lowest BCUT2D eigenvalue weighted by molar-refractivity contribution is -0.927. The van der Waals surface area contributed by atoms with Gasteiger partial charge >= 0.3 is 0 Å². The van der Waals surface area contributed by atoms with Gasteiger partial charge in [-0.25, -0.2) is 0 Å². The van der Waals surface area contributed by atoms with Crippen LogP contribution in [-0.2, 0) is 5.60 Å². The maximum absolute atomic E-state index is 10.8. The van der Waals surface area contributed by atoms with Crippen molar-refractivity contribution < 1.29 is 10.0 Å². The molecule has 80 valence electrons. The Morgan fingerprint density at radius 1 is 1.13 bits per heavy atom. The van der Waals surface area contributed by atoms with Crippen molar-refractivity contribution in [1.29, 1.82) is 0 Å². The highest BCUT2D eigenvalue weighted by molar-refractivity contribution is 5.24. The van der Waals surface area contributed by atoms with Crippen LogP contribution in [-0.4, -0.2) is 24.7 Å². The molecular weight excluding hydrogens is 186 g/mol. The van der Waals surface area contributed by atoms with Gasteiger partial charge in [0, 0.05) is 18.8 Å². The van der Waals surface area contributed by atoms with Crippen LogP contribution >= 0.6 is 0 Å². The molecule has 0 saturated carbocycles. The third-order valence-corrected chi connectivity index (χ3v) is 4.16. The number of fused-ring (bicyclic) bond motifs is 3. The number of quaternary nitrogens is 1. The average molecular weight is 204 g/mol. The van der Waals surface area contributed by atoms with Crippen molar-refractivity contribution in [3.63, 3.8) is 0 Å². The third kappa shape index (κ3) is 1.40. The second-order valence-electron chi connectivity index (χ2n) is 4.99. The summed E-state index contributed by atoms with van der Waals surface area (Å²) in [6.45, 7) is 3.40. The summed E-state index contributed by atoms with van der Waals surface area (Å²) in [7, 11) is 0. The van der Waals surface area contributed by atoms with Crippen molar-refractivity contribution in [3.8, 4) is 0 Å². The van der Waals surface area contributed by atoms with E-state index in [-0.39, 0.29) is 0 Å². The molecule has 4 rings (SSSR count). The maximum Gasteiger partial charge on any atom is 0.141 e. The van der Waals surface area contributed by atoms with E-state index in [9.17, 15) is 5.11 Å². The molecule has 0 spiro atoms. The number of rotatable bonds is 1. The summed E-state index contributed by atoms with van der Waals surface area (Å²) in [6, 6.07) is 10.2. The van der Waals surface area contributed by atoms with E-state index in [4.69, 9.17) is 0 Å². The summed E-state index contributed by atoms with van der Waals surface area (Å²) in [4.78, 5) is 1.57. The van der Waals surface area contributed by atoms with E-state index in [1.54, 1.807) is 4.90 Å². The van der Waals surface area contributed by atoms with E-state index in [0.29, 0.717) is 5.92 Å². The van der Waals surface area contributed by atoms with Gasteiger partial charge in [-0.2, -0.15) is 0 Å². The van der Waals surface area contributed by atoms with E-state index in [1.165, 1.54) is 25.9 Å². The predicted molar refractivity (Wildman–Crippen MR) is 58.6 cm³/mol.